The van der Waals surface area contributed by atoms with E-state index in [0.29, 0.717) is 18.6 Å². The van der Waals surface area contributed by atoms with E-state index in [9.17, 15) is 4.79 Å². The molecule has 1 heteroatoms. The van der Waals surface area contributed by atoms with Gasteiger partial charge >= 0.3 is 0 Å². The summed E-state index contributed by atoms with van der Waals surface area (Å²) in [6.45, 7) is 14.0. The summed E-state index contributed by atoms with van der Waals surface area (Å²) in [4.78, 5) is 12.7. The van der Waals surface area contributed by atoms with Crippen LogP contribution in [0.2, 0.25) is 0 Å². The van der Waals surface area contributed by atoms with Crippen LogP contribution in [0.3, 0.4) is 0 Å². The summed E-state index contributed by atoms with van der Waals surface area (Å²) < 4.78 is 0. The Morgan fingerprint density at radius 3 is 1.17 bits per heavy atom. The molecule has 36 heavy (non-hydrogen) atoms. The minimum atomic E-state index is 0.299. The molecule has 2 aromatic carbocycles. The van der Waals surface area contributed by atoms with Gasteiger partial charge in [0.1, 0.15) is 5.78 Å². The van der Waals surface area contributed by atoms with Gasteiger partial charge in [-0.15, -0.1) is 0 Å². The van der Waals surface area contributed by atoms with Crippen LogP contribution in [0.5, 0.6) is 0 Å². The lowest BCUT2D eigenvalue weighted by molar-refractivity contribution is -0.117. The Morgan fingerprint density at radius 1 is 0.500 bits per heavy atom. The molecule has 0 aliphatic carbocycles. The van der Waals surface area contributed by atoms with Gasteiger partial charge in [-0.25, -0.2) is 0 Å². The number of hydrogen-bond acceptors (Lipinski definition) is 1. The monoisotopic (exact) mass is 490 g/mol. The van der Waals surface area contributed by atoms with E-state index < -0.39 is 0 Å². The third-order valence-electron chi connectivity index (χ3n) is 7.66. The number of hydrogen-bond donors (Lipinski definition) is 0. The Hall–Kier alpha value is -1.89. The molecule has 0 saturated carbocycles. The van der Waals surface area contributed by atoms with Crippen molar-refractivity contribution in [2.24, 2.45) is 23.7 Å². The van der Waals surface area contributed by atoms with Gasteiger partial charge in [0.2, 0.25) is 0 Å². The van der Waals surface area contributed by atoms with Crippen LogP contribution in [0.1, 0.15) is 115 Å². The van der Waals surface area contributed by atoms with E-state index >= 15 is 0 Å². The van der Waals surface area contributed by atoms with Crippen LogP contribution < -0.4 is 0 Å². The van der Waals surface area contributed by atoms with Gasteiger partial charge in [-0.05, 0) is 71.6 Å². The van der Waals surface area contributed by atoms with Crippen LogP contribution in [0.4, 0.5) is 0 Å². The molecule has 0 aromatic heterocycles. The lowest BCUT2D eigenvalue weighted by Crippen LogP contribution is -2.07. The first-order valence-electron chi connectivity index (χ1n) is 14.9. The topological polar surface area (TPSA) is 17.1 Å². The van der Waals surface area contributed by atoms with Gasteiger partial charge in [0.05, 0.1) is 0 Å². The molecule has 0 spiro atoms. The molecule has 200 valence electrons. The van der Waals surface area contributed by atoms with Crippen LogP contribution >= 0.6 is 0 Å². The Kier molecular flexibility index (Phi) is 14.1. The molecule has 0 saturated heterocycles. The highest BCUT2D eigenvalue weighted by Crippen LogP contribution is 2.20. The van der Waals surface area contributed by atoms with E-state index in [2.05, 4.69) is 90.1 Å². The number of Topliss-reactive ketones (excluding diaryl/α,β-unsaturated/α-hetero) is 1. The Balaban J connectivity index is 1.69. The minimum Gasteiger partial charge on any atom is -0.299 e. The smallest absolute Gasteiger partial charge is 0.141 e. The van der Waals surface area contributed by atoms with E-state index in [1.165, 1.54) is 62.5 Å². The van der Waals surface area contributed by atoms with Crippen molar-refractivity contribution < 1.29 is 4.79 Å². The van der Waals surface area contributed by atoms with Crippen molar-refractivity contribution in [3.8, 4) is 0 Å². The minimum absolute atomic E-state index is 0.299. The van der Waals surface area contributed by atoms with Crippen LogP contribution in [-0.4, -0.2) is 5.78 Å². The number of carbonyl (C=O) groups is 1. The van der Waals surface area contributed by atoms with Crippen LogP contribution in [0, 0.1) is 23.7 Å². The van der Waals surface area contributed by atoms with E-state index in [1.54, 1.807) is 0 Å². The summed E-state index contributed by atoms with van der Waals surface area (Å²) in [6, 6.07) is 17.5. The fourth-order valence-electron chi connectivity index (χ4n) is 5.03. The standard InChI is InChI=1S/C35H54O/c1-27(2)9-7-11-29(5)13-15-31-17-21-33(22-18-31)25-35(36)26-34-23-19-32(20-24-34)16-14-30(6)12-8-10-28(3)4/h17-24,27-30H,7-16,25-26H2,1-6H3. The number of rotatable bonds is 18. The molecule has 0 N–H and O–H groups in total. The van der Waals surface area contributed by atoms with Crippen LogP contribution in [0.25, 0.3) is 0 Å². The fraction of sp³-hybridized carbons (Fsp3) is 0.629. The van der Waals surface area contributed by atoms with E-state index in [0.717, 1.165) is 47.6 Å². The SMILES string of the molecule is CC(C)CCCC(C)CCc1ccc(CC(=O)Cc2ccc(CCC(C)CCCC(C)C)cc2)cc1. The van der Waals surface area contributed by atoms with Gasteiger partial charge in [-0.3, -0.25) is 4.79 Å². The van der Waals surface area contributed by atoms with Gasteiger partial charge in [-0.2, -0.15) is 0 Å². The van der Waals surface area contributed by atoms with E-state index in [4.69, 9.17) is 0 Å². The van der Waals surface area contributed by atoms with Gasteiger partial charge in [-0.1, -0.05) is 129 Å². The molecular weight excluding hydrogens is 436 g/mol. The van der Waals surface area contributed by atoms with Gasteiger partial charge in [0.25, 0.3) is 0 Å². The third kappa shape index (κ3) is 13.4. The molecule has 0 aliphatic heterocycles. The lowest BCUT2D eigenvalue weighted by Gasteiger charge is -2.12. The molecule has 2 rings (SSSR count). The molecule has 2 atom stereocenters. The first kappa shape index (κ1) is 30.3. The summed E-state index contributed by atoms with van der Waals surface area (Å²) in [7, 11) is 0. The summed E-state index contributed by atoms with van der Waals surface area (Å²) in [5, 5.41) is 0. The van der Waals surface area contributed by atoms with Crippen LogP contribution in [-0.2, 0) is 30.5 Å². The van der Waals surface area contributed by atoms with Gasteiger partial charge in [0, 0.05) is 12.8 Å². The molecule has 2 unspecified atom stereocenters. The maximum absolute atomic E-state index is 12.7. The van der Waals surface area contributed by atoms with Crippen molar-refractivity contribution in [1.82, 2.24) is 0 Å². The molecule has 0 aliphatic rings. The molecule has 0 amide bonds. The van der Waals surface area contributed by atoms with Crippen molar-refractivity contribution >= 4 is 5.78 Å². The molecule has 2 aromatic rings. The number of aryl methyl sites for hydroxylation is 2. The Bertz CT molecular complexity index is 772. The summed E-state index contributed by atoms with van der Waals surface area (Å²) >= 11 is 0. The maximum Gasteiger partial charge on any atom is 0.141 e. The largest absolute Gasteiger partial charge is 0.299 e. The summed E-state index contributed by atoms with van der Waals surface area (Å²) in [6.07, 6.45) is 13.9. The molecule has 0 fully saturated rings. The van der Waals surface area contributed by atoms with Gasteiger partial charge in [0.15, 0.2) is 0 Å². The van der Waals surface area contributed by atoms with Crippen molar-refractivity contribution in [2.45, 2.75) is 119 Å². The van der Waals surface area contributed by atoms with Crippen LogP contribution in [0.15, 0.2) is 48.5 Å². The third-order valence-corrected chi connectivity index (χ3v) is 7.66. The molecule has 1 nitrogen and oxygen atoms in total. The predicted molar refractivity (Wildman–Crippen MR) is 158 cm³/mol. The zero-order valence-electron chi connectivity index (χ0n) is 24.3. The molecule has 0 heterocycles. The average Bonchev–Trinajstić information content (AvgIpc) is 2.82. The first-order valence-corrected chi connectivity index (χ1v) is 14.9. The van der Waals surface area contributed by atoms with Crippen molar-refractivity contribution in [2.75, 3.05) is 0 Å². The number of carbonyl (C=O) groups excluding carboxylic acids is 1. The summed E-state index contributed by atoms with van der Waals surface area (Å²) in [5.74, 6) is 3.50. The Labute approximate surface area is 223 Å². The van der Waals surface area contributed by atoms with E-state index in [-0.39, 0.29) is 0 Å². The van der Waals surface area contributed by atoms with Crippen molar-refractivity contribution in [3.05, 3.63) is 70.8 Å². The van der Waals surface area contributed by atoms with Crippen molar-refractivity contribution in [1.29, 1.82) is 0 Å². The zero-order valence-corrected chi connectivity index (χ0v) is 24.3. The summed E-state index contributed by atoms with van der Waals surface area (Å²) in [5.41, 5.74) is 5.06. The highest BCUT2D eigenvalue weighted by Gasteiger charge is 2.08. The highest BCUT2D eigenvalue weighted by molar-refractivity contribution is 5.83. The first-order chi connectivity index (χ1) is 17.2. The maximum atomic E-state index is 12.7. The molecule has 0 radical (unpaired) electrons. The quantitative estimate of drug-likeness (QED) is 0.203. The second-order valence-electron chi connectivity index (χ2n) is 12.5. The number of benzene rings is 2. The zero-order chi connectivity index (χ0) is 26.3. The lowest BCUT2D eigenvalue weighted by atomic mass is 9.93. The van der Waals surface area contributed by atoms with E-state index in [1.807, 2.05) is 0 Å². The average molecular weight is 491 g/mol. The fourth-order valence-corrected chi connectivity index (χ4v) is 5.03. The molecular formula is C35H54O. The van der Waals surface area contributed by atoms with Gasteiger partial charge < -0.3 is 0 Å². The Morgan fingerprint density at radius 2 is 0.833 bits per heavy atom. The number of ketones is 1. The molecule has 0 bridgehead atoms. The second-order valence-corrected chi connectivity index (χ2v) is 12.5. The second kappa shape index (κ2) is 16.8. The normalized spacial score (nSPS) is 13.3. The predicted octanol–water partition coefficient (Wildman–Crippen LogP) is 9.83. The highest BCUT2D eigenvalue weighted by atomic mass is 16.1. The van der Waals surface area contributed by atoms with Crippen molar-refractivity contribution in [3.63, 3.8) is 0 Å².